The fraction of sp³-hybridized carbons (Fsp3) is 0.846. The summed E-state index contributed by atoms with van der Waals surface area (Å²) in [5, 5.41) is 7.71. The first kappa shape index (κ1) is 14.2. The summed E-state index contributed by atoms with van der Waals surface area (Å²) in [6.07, 6.45) is 11.4. The van der Waals surface area contributed by atoms with Crippen molar-refractivity contribution in [1.82, 2.24) is 19.7 Å². The molecule has 4 heteroatoms. The van der Waals surface area contributed by atoms with Crippen LogP contribution in [0.3, 0.4) is 0 Å². The average Bonchev–Trinajstić information content (AvgIpc) is 2.82. The maximum absolute atomic E-state index is 3.85. The molecule has 0 aromatic carbocycles. The van der Waals surface area contributed by atoms with Gasteiger partial charge in [-0.25, -0.2) is 0 Å². The molecule has 98 valence electrons. The van der Waals surface area contributed by atoms with Gasteiger partial charge in [-0.3, -0.25) is 4.90 Å². The van der Waals surface area contributed by atoms with E-state index in [-0.39, 0.29) is 0 Å². The van der Waals surface area contributed by atoms with Crippen LogP contribution in [-0.4, -0.2) is 32.8 Å². The first-order chi connectivity index (χ1) is 8.36. The van der Waals surface area contributed by atoms with Crippen molar-refractivity contribution < 1.29 is 0 Å². The van der Waals surface area contributed by atoms with Crippen molar-refractivity contribution in [2.75, 3.05) is 13.1 Å². The largest absolute Gasteiger partial charge is 0.306 e. The molecule has 0 spiro atoms. The molecule has 0 amide bonds. The van der Waals surface area contributed by atoms with Gasteiger partial charge in [-0.2, -0.15) is 0 Å². The van der Waals surface area contributed by atoms with Crippen molar-refractivity contribution in [2.45, 2.75) is 59.0 Å². The highest BCUT2D eigenvalue weighted by Crippen LogP contribution is 2.04. The van der Waals surface area contributed by atoms with Crippen molar-refractivity contribution in [1.29, 1.82) is 0 Å². The predicted octanol–water partition coefficient (Wildman–Crippen LogP) is 2.92. The van der Waals surface area contributed by atoms with Gasteiger partial charge in [-0.1, -0.05) is 39.5 Å². The quantitative estimate of drug-likeness (QED) is 0.588. The average molecular weight is 238 g/mol. The second-order valence-electron chi connectivity index (χ2n) is 4.65. The van der Waals surface area contributed by atoms with E-state index in [0.717, 1.165) is 6.67 Å². The molecule has 4 nitrogen and oxygen atoms in total. The van der Waals surface area contributed by atoms with E-state index in [9.17, 15) is 0 Å². The van der Waals surface area contributed by atoms with Crippen LogP contribution in [0, 0.1) is 0 Å². The minimum absolute atomic E-state index is 0.931. The van der Waals surface area contributed by atoms with Crippen LogP contribution in [-0.2, 0) is 6.67 Å². The van der Waals surface area contributed by atoms with Crippen LogP contribution in [0.5, 0.6) is 0 Å². The molecule has 1 aromatic heterocycles. The molecule has 0 aliphatic rings. The van der Waals surface area contributed by atoms with E-state index < -0.39 is 0 Å². The van der Waals surface area contributed by atoms with Gasteiger partial charge in [0.15, 0.2) is 0 Å². The molecule has 0 N–H and O–H groups in total. The van der Waals surface area contributed by atoms with E-state index in [4.69, 9.17) is 0 Å². The van der Waals surface area contributed by atoms with Crippen molar-refractivity contribution in [2.24, 2.45) is 0 Å². The Morgan fingerprint density at radius 2 is 1.41 bits per heavy atom. The highest BCUT2D eigenvalue weighted by Gasteiger charge is 2.04. The molecule has 1 heterocycles. The lowest BCUT2D eigenvalue weighted by molar-refractivity contribution is 0.209. The standard InChI is InChI=1S/C13H26N4/c1-3-5-7-9-16(10-8-6-4-2)13-17-11-14-15-12-17/h11-12H,3-10,13H2,1-2H3. The van der Waals surface area contributed by atoms with Crippen LogP contribution >= 0.6 is 0 Å². The number of nitrogens with zero attached hydrogens (tertiary/aromatic N) is 4. The number of rotatable bonds is 10. The summed E-state index contributed by atoms with van der Waals surface area (Å²) in [7, 11) is 0. The fourth-order valence-corrected chi connectivity index (χ4v) is 1.95. The molecule has 17 heavy (non-hydrogen) atoms. The second-order valence-corrected chi connectivity index (χ2v) is 4.65. The SMILES string of the molecule is CCCCCN(CCCCC)Cn1cnnc1. The Kier molecular flexibility index (Phi) is 7.63. The van der Waals surface area contributed by atoms with E-state index >= 15 is 0 Å². The summed E-state index contributed by atoms with van der Waals surface area (Å²) >= 11 is 0. The molecular formula is C13H26N4. The minimum Gasteiger partial charge on any atom is -0.306 e. The maximum Gasteiger partial charge on any atom is 0.120 e. The van der Waals surface area contributed by atoms with Gasteiger partial charge in [0.1, 0.15) is 12.7 Å². The van der Waals surface area contributed by atoms with Gasteiger partial charge in [-0.15, -0.1) is 10.2 Å². The smallest absolute Gasteiger partial charge is 0.120 e. The fourth-order valence-electron chi connectivity index (χ4n) is 1.95. The Morgan fingerprint density at radius 3 is 1.88 bits per heavy atom. The van der Waals surface area contributed by atoms with Gasteiger partial charge in [-0.05, 0) is 25.9 Å². The molecule has 0 aliphatic carbocycles. The molecule has 0 atom stereocenters. The van der Waals surface area contributed by atoms with Crippen LogP contribution < -0.4 is 0 Å². The van der Waals surface area contributed by atoms with Gasteiger partial charge in [0.05, 0.1) is 6.67 Å². The summed E-state index contributed by atoms with van der Waals surface area (Å²) in [6, 6.07) is 0. The normalized spacial score (nSPS) is 11.2. The maximum atomic E-state index is 3.85. The molecule has 0 unspecified atom stereocenters. The van der Waals surface area contributed by atoms with Crippen molar-refractivity contribution in [3.63, 3.8) is 0 Å². The van der Waals surface area contributed by atoms with E-state index in [1.54, 1.807) is 12.7 Å². The zero-order chi connectivity index (χ0) is 12.3. The molecule has 0 saturated heterocycles. The van der Waals surface area contributed by atoms with Crippen LogP contribution in [0.2, 0.25) is 0 Å². The van der Waals surface area contributed by atoms with Crippen molar-refractivity contribution in [3.05, 3.63) is 12.7 Å². The van der Waals surface area contributed by atoms with Gasteiger partial charge < -0.3 is 4.57 Å². The van der Waals surface area contributed by atoms with Crippen LogP contribution in [0.1, 0.15) is 52.4 Å². The Hall–Kier alpha value is -0.900. The molecule has 0 bridgehead atoms. The molecular weight excluding hydrogens is 212 g/mol. The third kappa shape index (κ3) is 6.41. The van der Waals surface area contributed by atoms with Crippen molar-refractivity contribution in [3.8, 4) is 0 Å². The summed E-state index contributed by atoms with van der Waals surface area (Å²) in [4.78, 5) is 2.51. The van der Waals surface area contributed by atoms with Crippen LogP contribution in [0.15, 0.2) is 12.7 Å². The van der Waals surface area contributed by atoms with E-state index in [2.05, 4.69) is 33.5 Å². The Balaban J connectivity index is 2.29. The zero-order valence-corrected chi connectivity index (χ0v) is 11.3. The molecule has 0 radical (unpaired) electrons. The molecule has 1 aromatic rings. The molecule has 0 saturated carbocycles. The van der Waals surface area contributed by atoms with E-state index in [1.165, 1.54) is 51.6 Å². The summed E-state index contributed by atoms with van der Waals surface area (Å²) in [5.41, 5.74) is 0. The monoisotopic (exact) mass is 238 g/mol. The summed E-state index contributed by atoms with van der Waals surface area (Å²) < 4.78 is 2.05. The third-order valence-electron chi connectivity index (χ3n) is 2.99. The van der Waals surface area contributed by atoms with Crippen LogP contribution in [0.25, 0.3) is 0 Å². The lowest BCUT2D eigenvalue weighted by Crippen LogP contribution is -2.28. The lowest BCUT2D eigenvalue weighted by atomic mass is 10.2. The first-order valence-electron chi connectivity index (χ1n) is 6.91. The lowest BCUT2D eigenvalue weighted by Gasteiger charge is -2.22. The van der Waals surface area contributed by atoms with E-state index in [1.807, 2.05) is 0 Å². The van der Waals surface area contributed by atoms with Gasteiger partial charge in [0.2, 0.25) is 0 Å². The predicted molar refractivity (Wildman–Crippen MR) is 70.6 cm³/mol. The zero-order valence-electron chi connectivity index (χ0n) is 11.3. The topological polar surface area (TPSA) is 34.0 Å². The minimum atomic E-state index is 0.931. The highest BCUT2D eigenvalue weighted by molar-refractivity contribution is 4.62. The van der Waals surface area contributed by atoms with E-state index in [0.29, 0.717) is 0 Å². The Bertz CT molecular complexity index is 248. The number of hydrogen-bond acceptors (Lipinski definition) is 3. The third-order valence-corrected chi connectivity index (χ3v) is 2.99. The highest BCUT2D eigenvalue weighted by atomic mass is 15.3. The second kappa shape index (κ2) is 9.16. The molecule has 0 fully saturated rings. The summed E-state index contributed by atoms with van der Waals surface area (Å²) in [6.45, 7) is 7.81. The number of unbranched alkanes of at least 4 members (excludes halogenated alkanes) is 4. The number of aromatic nitrogens is 3. The summed E-state index contributed by atoms with van der Waals surface area (Å²) in [5.74, 6) is 0. The first-order valence-corrected chi connectivity index (χ1v) is 6.91. The van der Waals surface area contributed by atoms with Crippen LogP contribution in [0.4, 0.5) is 0 Å². The van der Waals surface area contributed by atoms with Crippen molar-refractivity contribution >= 4 is 0 Å². The van der Waals surface area contributed by atoms with Gasteiger partial charge in [0, 0.05) is 0 Å². The molecule has 1 rings (SSSR count). The Labute approximate surface area is 105 Å². The molecule has 0 aliphatic heterocycles. The van der Waals surface area contributed by atoms with Gasteiger partial charge >= 0.3 is 0 Å². The Morgan fingerprint density at radius 1 is 0.882 bits per heavy atom. The van der Waals surface area contributed by atoms with Gasteiger partial charge in [0.25, 0.3) is 0 Å². The number of hydrogen-bond donors (Lipinski definition) is 0.